The normalized spacial score (nSPS) is 11.5. The van der Waals surface area contributed by atoms with E-state index in [0.29, 0.717) is 18.0 Å². The van der Waals surface area contributed by atoms with Gasteiger partial charge in [0.15, 0.2) is 15.8 Å². The molecule has 1 aromatic heterocycles. The summed E-state index contributed by atoms with van der Waals surface area (Å²) >= 11 is 0. The second-order valence-electron chi connectivity index (χ2n) is 5.61. The Labute approximate surface area is 172 Å². The van der Waals surface area contributed by atoms with Crippen molar-refractivity contribution in [2.45, 2.75) is 24.8 Å². The lowest BCUT2D eigenvalue weighted by Crippen LogP contribution is -2.38. The smallest absolute Gasteiger partial charge is 0.191 e. The summed E-state index contributed by atoms with van der Waals surface area (Å²) in [5.74, 6) is 0.737. The third-order valence-corrected chi connectivity index (χ3v) is 4.66. The van der Waals surface area contributed by atoms with Crippen molar-refractivity contribution < 1.29 is 8.42 Å². The van der Waals surface area contributed by atoms with Gasteiger partial charge in [-0.25, -0.2) is 13.4 Å². The first-order chi connectivity index (χ1) is 12.0. The SMILES string of the molecule is CCNC(=NCc1ccccn1)NCCc1ccc(S(C)(=O)=O)cc1.I. The van der Waals surface area contributed by atoms with Crippen molar-refractivity contribution in [1.82, 2.24) is 15.6 Å². The molecule has 1 heterocycles. The number of sulfone groups is 1. The van der Waals surface area contributed by atoms with Crippen LogP contribution in [0.4, 0.5) is 0 Å². The van der Waals surface area contributed by atoms with Crippen LogP contribution in [0.25, 0.3) is 0 Å². The van der Waals surface area contributed by atoms with Crippen molar-refractivity contribution in [3.05, 3.63) is 59.9 Å². The number of benzene rings is 1. The van der Waals surface area contributed by atoms with Gasteiger partial charge in [-0.3, -0.25) is 4.98 Å². The molecular weight excluding hydrogens is 463 g/mol. The van der Waals surface area contributed by atoms with E-state index < -0.39 is 9.84 Å². The van der Waals surface area contributed by atoms with E-state index in [1.54, 1.807) is 18.3 Å². The van der Waals surface area contributed by atoms with Crippen LogP contribution < -0.4 is 10.6 Å². The largest absolute Gasteiger partial charge is 0.357 e. The van der Waals surface area contributed by atoms with Crippen molar-refractivity contribution >= 4 is 39.8 Å². The number of nitrogens with one attached hydrogen (secondary N) is 2. The highest BCUT2D eigenvalue weighted by atomic mass is 127. The summed E-state index contributed by atoms with van der Waals surface area (Å²) in [6.07, 6.45) is 3.74. The average molecular weight is 488 g/mol. The Hall–Kier alpha value is -1.68. The highest BCUT2D eigenvalue weighted by Gasteiger charge is 2.06. The predicted molar refractivity (Wildman–Crippen MR) is 116 cm³/mol. The fraction of sp³-hybridized carbons (Fsp3) is 0.333. The van der Waals surface area contributed by atoms with Gasteiger partial charge in [0.05, 0.1) is 17.1 Å². The molecule has 142 valence electrons. The number of halogens is 1. The first kappa shape index (κ1) is 22.4. The van der Waals surface area contributed by atoms with E-state index in [9.17, 15) is 8.42 Å². The van der Waals surface area contributed by atoms with Crippen LogP contribution in [0.3, 0.4) is 0 Å². The molecule has 0 atom stereocenters. The van der Waals surface area contributed by atoms with Crippen molar-refractivity contribution in [2.24, 2.45) is 4.99 Å². The summed E-state index contributed by atoms with van der Waals surface area (Å²) < 4.78 is 22.9. The van der Waals surface area contributed by atoms with Crippen LogP contribution in [0, 0.1) is 0 Å². The summed E-state index contributed by atoms with van der Waals surface area (Å²) in [4.78, 5) is 9.11. The Balaban J connectivity index is 0.00000338. The third-order valence-electron chi connectivity index (χ3n) is 3.53. The molecular formula is C18H25IN4O2S. The number of aliphatic imine (C=N–C) groups is 1. The summed E-state index contributed by atoms with van der Waals surface area (Å²) in [6.45, 7) is 4.00. The molecule has 0 aliphatic heterocycles. The minimum atomic E-state index is -3.15. The number of aromatic nitrogens is 1. The maximum absolute atomic E-state index is 11.5. The summed E-state index contributed by atoms with van der Waals surface area (Å²) in [5.41, 5.74) is 1.98. The highest BCUT2D eigenvalue weighted by molar-refractivity contribution is 14.0. The standard InChI is InChI=1S/C18H24N4O2S.HI/c1-3-19-18(22-14-16-6-4-5-12-20-16)21-13-11-15-7-9-17(10-8-15)25(2,23)24;/h4-10,12H,3,11,13-14H2,1-2H3,(H2,19,21,22);1H. The van der Waals surface area contributed by atoms with E-state index in [0.717, 1.165) is 30.2 Å². The molecule has 26 heavy (non-hydrogen) atoms. The molecule has 2 aromatic rings. The zero-order chi connectivity index (χ0) is 18.1. The van der Waals surface area contributed by atoms with Crippen LogP contribution in [-0.4, -0.2) is 38.7 Å². The minimum Gasteiger partial charge on any atom is -0.357 e. The number of pyridine rings is 1. The van der Waals surface area contributed by atoms with Gasteiger partial charge in [0.1, 0.15) is 0 Å². The van der Waals surface area contributed by atoms with E-state index in [1.807, 2.05) is 37.3 Å². The van der Waals surface area contributed by atoms with Crippen LogP contribution in [0.15, 0.2) is 58.5 Å². The van der Waals surface area contributed by atoms with E-state index in [4.69, 9.17) is 0 Å². The molecule has 0 aliphatic carbocycles. The average Bonchev–Trinajstić information content (AvgIpc) is 2.60. The van der Waals surface area contributed by atoms with Crippen LogP contribution in [0.5, 0.6) is 0 Å². The van der Waals surface area contributed by atoms with Gasteiger partial charge in [0.2, 0.25) is 0 Å². The number of nitrogens with zero attached hydrogens (tertiary/aromatic N) is 2. The van der Waals surface area contributed by atoms with Gasteiger partial charge in [0.25, 0.3) is 0 Å². The number of hydrogen-bond donors (Lipinski definition) is 2. The number of hydrogen-bond acceptors (Lipinski definition) is 4. The Morgan fingerprint density at radius 1 is 1.12 bits per heavy atom. The van der Waals surface area contributed by atoms with E-state index >= 15 is 0 Å². The zero-order valence-electron chi connectivity index (χ0n) is 15.0. The monoisotopic (exact) mass is 488 g/mol. The van der Waals surface area contributed by atoms with E-state index in [2.05, 4.69) is 20.6 Å². The van der Waals surface area contributed by atoms with Crippen molar-refractivity contribution in [3.63, 3.8) is 0 Å². The lowest BCUT2D eigenvalue weighted by molar-refractivity contribution is 0.602. The first-order valence-corrected chi connectivity index (χ1v) is 10.1. The molecule has 0 bridgehead atoms. The molecule has 2 N–H and O–H groups in total. The van der Waals surface area contributed by atoms with Gasteiger partial charge in [0, 0.05) is 25.5 Å². The lowest BCUT2D eigenvalue weighted by atomic mass is 10.1. The predicted octanol–water partition coefficient (Wildman–Crippen LogP) is 2.40. The van der Waals surface area contributed by atoms with Crippen LogP contribution in [-0.2, 0) is 22.8 Å². The molecule has 0 amide bonds. The van der Waals surface area contributed by atoms with Crippen molar-refractivity contribution in [2.75, 3.05) is 19.3 Å². The molecule has 0 fully saturated rings. The molecule has 6 nitrogen and oxygen atoms in total. The molecule has 0 radical (unpaired) electrons. The molecule has 0 saturated carbocycles. The molecule has 0 spiro atoms. The van der Waals surface area contributed by atoms with Gasteiger partial charge in [-0.05, 0) is 43.2 Å². The van der Waals surface area contributed by atoms with Gasteiger partial charge >= 0.3 is 0 Å². The Kier molecular flexibility index (Phi) is 9.57. The maximum Gasteiger partial charge on any atom is 0.191 e. The topological polar surface area (TPSA) is 83.4 Å². The maximum atomic E-state index is 11.5. The van der Waals surface area contributed by atoms with Gasteiger partial charge in [-0.1, -0.05) is 18.2 Å². The fourth-order valence-electron chi connectivity index (χ4n) is 2.22. The zero-order valence-corrected chi connectivity index (χ0v) is 18.1. The molecule has 0 unspecified atom stereocenters. The van der Waals surface area contributed by atoms with Crippen LogP contribution >= 0.6 is 24.0 Å². The fourth-order valence-corrected chi connectivity index (χ4v) is 2.85. The third kappa shape index (κ3) is 7.69. The molecule has 0 aliphatic rings. The molecule has 2 rings (SSSR count). The van der Waals surface area contributed by atoms with Crippen LogP contribution in [0.2, 0.25) is 0 Å². The molecule has 1 aromatic carbocycles. The first-order valence-electron chi connectivity index (χ1n) is 8.20. The Morgan fingerprint density at radius 2 is 1.85 bits per heavy atom. The van der Waals surface area contributed by atoms with Crippen molar-refractivity contribution in [1.29, 1.82) is 0 Å². The van der Waals surface area contributed by atoms with Crippen LogP contribution in [0.1, 0.15) is 18.2 Å². The lowest BCUT2D eigenvalue weighted by Gasteiger charge is -2.11. The van der Waals surface area contributed by atoms with E-state index in [1.165, 1.54) is 6.26 Å². The summed E-state index contributed by atoms with van der Waals surface area (Å²) in [6, 6.07) is 12.7. The minimum absolute atomic E-state index is 0. The Bertz CT molecular complexity index is 794. The summed E-state index contributed by atoms with van der Waals surface area (Å²) in [5, 5.41) is 6.48. The van der Waals surface area contributed by atoms with E-state index in [-0.39, 0.29) is 24.0 Å². The Morgan fingerprint density at radius 3 is 2.42 bits per heavy atom. The second kappa shape index (κ2) is 11.1. The van der Waals surface area contributed by atoms with Gasteiger partial charge < -0.3 is 10.6 Å². The summed E-state index contributed by atoms with van der Waals surface area (Å²) in [7, 11) is -3.15. The molecule has 0 saturated heterocycles. The molecule has 8 heteroatoms. The van der Waals surface area contributed by atoms with Gasteiger partial charge in [-0.15, -0.1) is 24.0 Å². The van der Waals surface area contributed by atoms with Gasteiger partial charge in [-0.2, -0.15) is 0 Å². The highest BCUT2D eigenvalue weighted by Crippen LogP contribution is 2.10. The second-order valence-corrected chi connectivity index (χ2v) is 7.62. The number of rotatable bonds is 7. The number of guanidine groups is 1. The van der Waals surface area contributed by atoms with Crippen molar-refractivity contribution in [3.8, 4) is 0 Å². The quantitative estimate of drug-likeness (QED) is 0.356.